The molecule has 0 spiro atoms. The average molecular weight is 204 g/mol. The van der Waals surface area contributed by atoms with Crippen molar-refractivity contribution in [2.75, 3.05) is 19.1 Å². The van der Waals surface area contributed by atoms with E-state index in [1.165, 1.54) is 0 Å². The second-order valence-corrected chi connectivity index (χ2v) is 2.95. The average Bonchev–Trinajstić information content (AvgIpc) is 2.30. The van der Waals surface area contributed by atoms with E-state index in [1.807, 2.05) is 36.6 Å². The lowest BCUT2D eigenvalue weighted by molar-refractivity contribution is 0.415. The number of hydrogen-bond acceptors (Lipinski definition) is 3. The maximum absolute atomic E-state index is 5.06. The van der Waals surface area contributed by atoms with Gasteiger partial charge in [-0.15, -0.1) is 6.58 Å². The number of nitrogens with one attached hydrogen (secondary N) is 1. The zero-order valence-corrected chi connectivity index (χ0v) is 8.94. The standard InChI is InChI=1S/C12H16N2O/c1-3-4-9-13-10-14-11-5-7-12(15-2)8-6-11/h3,5-9,14H,1,4,10H2,2H3/b13-9-. The summed E-state index contributed by atoms with van der Waals surface area (Å²) in [5, 5.41) is 3.17. The summed E-state index contributed by atoms with van der Waals surface area (Å²) in [6.07, 6.45) is 4.46. The molecule has 1 aromatic carbocycles. The molecule has 0 bridgehead atoms. The van der Waals surface area contributed by atoms with Crippen molar-refractivity contribution in [3.63, 3.8) is 0 Å². The molecule has 0 heterocycles. The van der Waals surface area contributed by atoms with Crippen LogP contribution in [0.3, 0.4) is 0 Å². The van der Waals surface area contributed by atoms with Crippen LogP contribution in [0.15, 0.2) is 41.9 Å². The van der Waals surface area contributed by atoms with E-state index >= 15 is 0 Å². The molecule has 3 heteroatoms. The van der Waals surface area contributed by atoms with Crippen LogP contribution in [0.5, 0.6) is 5.75 Å². The number of hydrogen-bond donors (Lipinski definition) is 1. The Labute approximate surface area is 90.5 Å². The van der Waals surface area contributed by atoms with Gasteiger partial charge in [0.25, 0.3) is 0 Å². The minimum atomic E-state index is 0.584. The molecule has 0 saturated heterocycles. The molecule has 15 heavy (non-hydrogen) atoms. The lowest BCUT2D eigenvalue weighted by Gasteiger charge is -2.04. The summed E-state index contributed by atoms with van der Waals surface area (Å²) in [7, 11) is 1.65. The Balaban J connectivity index is 2.34. The lowest BCUT2D eigenvalue weighted by Crippen LogP contribution is -1.98. The highest BCUT2D eigenvalue weighted by atomic mass is 16.5. The smallest absolute Gasteiger partial charge is 0.119 e. The highest BCUT2D eigenvalue weighted by Crippen LogP contribution is 2.14. The maximum atomic E-state index is 5.06. The van der Waals surface area contributed by atoms with E-state index in [-0.39, 0.29) is 0 Å². The largest absolute Gasteiger partial charge is 0.497 e. The highest BCUT2D eigenvalue weighted by molar-refractivity contribution is 5.59. The molecule has 1 N–H and O–H groups in total. The van der Waals surface area contributed by atoms with E-state index < -0.39 is 0 Å². The van der Waals surface area contributed by atoms with Crippen molar-refractivity contribution in [2.24, 2.45) is 4.99 Å². The van der Waals surface area contributed by atoms with E-state index in [1.54, 1.807) is 7.11 Å². The number of benzene rings is 1. The number of methoxy groups -OCH3 is 1. The van der Waals surface area contributed by atoms with Gasteiger partial charge in [-0.2, -0.15) is 0 Å². The number of anilines is 1. The fourth-order valence-corrected chi connectivity index (χ4v) is 1.06. The van der Waals surface area contributed by atoms with Crippen LogP contribution in [-0.4, -0.2) is 20.0 Å². The summed E-state index contributed by atoms with van der Waals surface area (Å²) in [5.74, 6) is 0.857. The predicted molar refractivity (Wildman–Crippen MR) is 64.8 cm³/mol. The molecule has 1 rings (SSSR count). The quantitative estimate of drug-likeness (QED) is 0.571. The summed E-state index contributed by atoms with van der Waals surface area (Å²) in [6.45, 7) is 4.19. The Morgan fingerprint density at radius 3 is 2.73 bits per heavy atom. The third-order valence-corrected chi connectivity index (χ3v) is 1.87. The molecule has 1 aromatic rings. The van der Waals surface area contributed by atoms with Gasteiger partial charge in [0, 0.05) is 18.3 Å². The molecule has 0 aromatic heterocycles. The fourth-order valence-electron chi connectivity index (χ4n) is 1.06. The van der Waals surface area contributed by atoms with Gasteiger partial charge in [0.1, 0.15) is 12.4 Å². The zero-order chi connectivity index (χ0) is 10.9. The van der Waals surface area contributed by atoms with Crippen molar-refractivity contribution < 1.29 is 4.74 Å². The van der Waals surface area contributed by atoms with Crippen molar-refractivity contribution in [2.45, 2.75) is 6.42 Å². The lowest BCUT2D eigenvalue weighted by atomic mass is 10.3. The molecule has 0 radical (unpaired) electrons. The topological polar surface area (TPSA) is 33.6 Å². The van der Waals surface area contributed by atoms with E-state index in [0.717, 1.165) is 17.9 Å². The first-order chi connectivity index (χ1) is 7.36. The summed E-state index contributed by atoms with van der Waals surface area (Å²) in [6, 6.07) is 7.75. The van der Waals surface area contributed by atoms with Gasteiger partial charge in [-0.1, -0.05) is 6.08 Å². The van der Waals surface area contributed by atoms with Crippen LogP contribution in [0.25, 0.3) is 0 Å². The van der Waals surface area contributed by atoms with Crippen molar-refractivity contribution >= 4 is 11.9 Å². The van der Waals surface area contributed by atoms with Crippen LogP contribution >= 0.6 is 0 Å². The summed E-state index contributed by atoms with van der Waals surface area (Å²) >= 11 is 0. The second-order valence-electron chi connectivity index (χ2n) is 2.95. The molecule has 0 amide bonds. The monoisotopic (exact) mass is 204 g/mol. The van der Waals surface area contributed by atoms with Gasteiger partial charge in [0.15, 0.2) is 0 Å². The molecule has 0 aliphatic heterocycles. The first-order valence-electron chi connectivity index (χ1n) is 4.84. The van der Waals surface area contributed by atoms with Crippen LogP contribution in [0.1, 0.15) is 6.42 Å². The van der Waals surface area contributed by atoms with Crippen molar-refractivity contribution in [3.8, 4) is 5.75 Å². The van der Waals surface area contributed by atoms with Crippen molar-refractivity contribution in [3.05, 3.63) is 36.9 Å². The minimum Gasteiger partial charge on any atom is -0.497 e. The number of nitrogens with zero attached hydrogens (tertiary/aromatic N) is 1. The summed E-state index contributed by atoms with van der Waals surface area (Å²) in [5.41, 5.74) is 1.03. The Kier molecular flexibility index (Phi) is 5.01. The SMILES string of the molecule is C=CC/C=N\CNc1ccc(OC)cc1. The maximum Gasteiger partial charge on any atom is 0.119 e. The van der Waals surface area contributed by atoms with Gasteiger partial charge in [-0.25, -0.2) is 0 Å². The molecular formula is C12H16N2O. The Bertz CT molecular complexity index is 317. The molecule has 0 saturated carbocycles. The Morgan fingerprint density at radius 2 is 2.13 bits per heavy atom. The third kappa shape index (κ3) is 4.31. The van der Waals surface area contributed by atoms with Gasteiger partial charge in [0.05, 0.1) is 7.11 Å². The number of aliphatic imine (C=N–C) groups is 1. The van der Waals surface area contributed by atoms with Gasteiger partial charge >= 0.3 is 0 Å². The third-order valence-electron chi connectivity index (χ3n) is 1.87. The molecule has 0 aliphatic carbocycles. The summed E-state index contributed by atoms with van der Waals surface area (Å²) in [4.78, 5) is 4.16. The molecule has 0 fully saturated rings. The zero-order valence-electron chi connectivity index (χ0n) is 8.94. The van der Waals surface area contributed by atoms with Gasteiger partial charge < -0.3 is 10.1 Å². The molecule has 0 atom stereocenters. The van der Waals surface area contributed by atoms with E-state index in [2.05, 4.69) is 16.9 Å². The molecule has 3 nitrogen and oxygen atoms in total. The van der Waals surface area contributed by atoms with Crippen LogP contribution in [0.4, 0.5) is 5.69 Å². The molecule has 80 valence electrons. The predicted octanol–water partition coefficient (Wildman–Crippen LogP) is 2.71. The second kappa shape index (κ2) is 6.65. The van der Waals surface area contributed by atoms with E-state index in [0.29, 0.717) is 6.67 Å². The van der Waals surface area contributed by atoms with Crippen molar-refractivity contribution in [1.29, 1.82) is 0 Å². The van der Waals surface area contributed by atoms with Crippen LogP contribution < -0.4 is 10.1 Å². The minimum absolute atomic E-state index is 0.584. The molecular weight excluding hydrogens is 188 g/mol. The highest BCUT2D eigenvalue weighted by Gasteiger charge is 1.91. The van der Waals surface area contributed by atoms with E-state index in [4.69, 9.17) is 4.74 Å². The number of allylic oxidation sites excluding steroid dienone is 1. The van der Waals surface area contributed by atoms with Crippen molar-refractivity contribution in [1.82, 2.24) is 0 Å². The van der Waals surface area contributed by atoms with Gasteiger partial charge in [-0.3, -0.25) is 4.99 Å². The Morgan fingerprint density at radius 1 is 1.40 bits per heavy atom. The first-order valence-corrected chi connectivity index (χ1v) is 4.84. The number of rotatable bonds is 6. The summed E-state index contributed by atoms with van der Waals surface area (Å²) < 4.78 is 5.06. The molecule has 0 aliphatic rings. The van der Waals surface area contributed by atoms with Crippen LogP contribution in [0, 0.1) is 0 Å². The number of ether oxygens (including phenoxy) is 1. The first kappa shape index (κ1) is 11.3. The van der Waals surface area contributed by atoms with Crippen LogP contribution in [0.2, 0.25) is 0 Å². The van der Waals surface area contributed by atoms with E-state index in [9.17, 15) is 0 Å². The van der Waals surface area contributed by atoms with Crippen LogP contribution in [-0.2, 0) is 0 Å². The fraction of sp³-hybridized carbons (Fsp3) is 0.250. The van der Waals surface area contributed by atoms with Gasteiger partial charge in [-0.05, 0) is 24.3 Å². The van der Waals surface area contributed by atoms with Gasteiger partial charge in [0.2, 0.25) is 0 Å². The molecule has 0 unspecified atom stereocenters. The Hall–Kier alpha value is -1.77. The normalized spacial score (nSPS) is 10.2.